The fourth-order valence-electron chi connectivity index (χ4n) is 3.75. The van der Waals surface area contributed by atoms with Crippen LogP contribution in [0.15, 0.2) is 54.7 Å². The van der Waals surface area contributed by atoms with E-state index in [0.717, 1.165) is 38.0 Å². The molecule has 0 aliphatic carbocycles. The topological polar surface area (TPSA) is 62.3 Å². The van der Waals surface area contributed by atoms with Crippen LogP contribution in [0.1, 0.15) is 43.5 Å². The molecule has 1 fully saturated rings. The fourth-order valence-corrected chi connectivity index (χ4v) is 3.75. The number of nitrogens with zero attached hydrogens (tertiary/aromatic N) is 2. The second kappa shape index (κ2) is 9.31. The number of pyridine rings is 1. The molecule has 0 bridgehead atoms. The van der Waals surface area contributed by atoms with Crippen molar-refractivity contribution in [2.45, 2.75) is 38.6 Å². The average molecular weight is 365 g/mol. The second-order valence-corrected chi connectivity index (χ2v) is 7.14. The van der Waals surface area contributed by atoms with Gasteiger partial charge in [0.1, 0.15) is 0 Å². The third-order valence-corrected chi connectivity index (χ3v) is 5.20. The first-order valence-corrected chi connectivity index (χ1v) is 9.63. The Hall–Kier alpha value is -2.69. The van der Waals surface area contributed by atoms with E-state index in [2.05, 4.69) is 22.4 Å². The molecule has 1 aliphatic rings. The molecular formula is C22H27N3O2. The summed E-state index contributed by atoms with van der Waals surface area (Å²) in [6.45, 7) is 3.01. The highest BCUT2D eigenvalue weighted by Crippen LogP contribution is 2.30. The number of benzene rings is 1. The van der Waals surface area contributed by atoms with Gasteiger partial charge in [0.05, 0.1) is 11.7 Å². The molecule has 0 saturated carbocycles. The van der Waals surface area contributed by atoms with Crippen LogP contribution in [0.25, 0.3) is 0 Å². The van der Waals surface area contributed by atoms with Crippen molar-refractivity contribution in [2.75, 3.05) is 13.1 Å². The summed E-state index contributed by atoms with van der Waals surface area (Å²) in [5.74, 6) is 0.459. The van der Waals surface area contributed by atoms with E-state index in [0.29, 0.717) is 12.3 Å². The molecule has 3 rings (SSSR count). The number of carbonyl (C=O) groups is 2. The van der Waals surface area contributed by atoms with Gasteiger partial charge in [0.2, 0.25) is 11.8 Å². The number of aromatic nitrogens is 1. The smallest absolute Gasteiger partial charge is 0.222 e. The molecule has 0 radical (unpaired) electrons. The first-order chi connectivity index (χ1) is 13.1. The zero-order valence-electron chi connectivity index (χ0n) is 15.8. The maximum absolute atomic E-state index is 12.5. The van der Waals surface area contributed by atoms with Gasteiger partial charge >= 0.3 is 0 Å². The Labute approximate surface area is 160 Å². The average Bonchev–Trinajstić information content (AvgIpc) is 2.72. The summed E-state index contributed by atoms with van der Waals surface area (Å²) in [7, 11) is 0. The Morgan fingerprint density at radius 2 is 1.81 bits per heavy atom. The van der Waals surface area contributed by atoms with Gasteiger partial charge in [-0.3, -0.25) is 14.6 Å². The Bertz CT molecular complexity index is 741. The predicted molar refractivity (Wildman–Crippen MR) is 105 cm³/mol. The van der Waals surface area contributed by atoms with E-state index in [9.17, 15) is 9.59 Å². The number of nitrogens with one attached hydrogen (secondary N) is 1. The van der Waals surface area contributed by atoms with Crippen LogP contribution in [-0.2, 0) is 16.0 Å². The summed E-state index contributed by atoms with van der Waals surface area (Å²) in [6.07, 6.45) is 4.83. The van der Waals surface area contributed by atoms with E-state index in [1.54, 1.807) is 6.20 Å². The molecule has 1 aromatic carbocycles. The first-order valence-electron chi connectivity index (χ1n) is 9.63. The van der Waals surface area contributed by atoms with Crippen LogP contribution in [-0.4, -0.2) is 34.8 Å². The molecule has 5 nitrogen and oxygen atoms in total. The van der Waals surface area contributed by atoms with Crippen molar-refractivity contribution in [3.8, 4) is 0 Å². The van der Waals surface area contributed by atoms with Gasteiger partial charge in [0.15, 0.2) is 0 Å². The monoisotopic (exact) mass is 365 g/mol. The van der Waals surface area contributed by atoms with E-state index in [1.807, 2.05) is 41.3 Å². The quantitative estimate of drug-likeness (QED) is 0.855. The Morgan fingerprint density at radius 3 is 2.44 bits per heavy atom. The number of carbonyl (C=O) groups excluding carboxylic acids is 2. The lowest BCUT2D eigenvalue weighted by Crippen LogP contribution is -2.43. The molecule has 2 aromatic rings. The van der Waals surface area contributed by atoms with Crippen LogP contribution in [0, 0.1) is 5.92 Å². The van der Waals surface area contributed by atoms with Gasteiger partial charge in [-0.05, 0) is 42.9 Å². The minimum Gasteiger partial charge on any atom is -0.348 e. The van der Waals surface area contributed by atoms with Crippen LogP contribution >= 0.6 is 0 Å². The van der Waals surface area contributed by atoms with Crippen molar-refractivity contribution in [1.29, 1.82) is 0 Å². The van der Waals surface area contributed by atoms with Crippen molar-refractivity contribution in [2.24, 2.45) is 5.92 Å². The second-order valence-electron chi connectivity index (χ2n) is 7.14. The van der Waals surface area contributed by atoms with Crippen molar-refractivity contribution < 1.29 is 9.59 Å². The lowest BCUT2D eigenvalue weighted by molar-refractivity contribution is -0.133. The van der Waals surface area contributed by atoms with Gasteiger partial charge < -0.3 is 10.2 Å². The molecule has 1 aliphatic heterocycles. The van der Waals surface area contributed by atoms with Crippen LogP contribution in [0.2, 0.25) is 0 Å². The van der Waals surface area contributed by atoms with Gasteiger partial charge in [0, 0.05) is 32.6 Å². The third-order valence-electron chi connectivity index (χ3n) is 5.20. The summed E-state index contributed by atoms with van der Waals surface area (Å²) in [5.41, 5.74) is 2.09. The molecule has 1 saturated heterocycles. The van der Waals surface area contributed by atoms with E-state index in [4.69, 9.17) is 0 Å². The van der Waals surface area contributed by atoms with Crippen molar-refractivity contribution in [3.63, 3.8) is 0 Å². The minimum atomic E-state index is -0.0923. The van der Waals surface area contributed by atoms with E-state index in [-0.39, 0.29) is 17.9 Å². The summed E-state index contributed by atoms with van der Waals surface area (Å²) in [5, 5.41) is 3.05. The Kier molecular flexibility index (Phi) is 6.58. The first kappa shape index (κ1) is 19.1. The number of amides is 2. The molecular weight excluding hydrogens is 338 g/mol. The molecule has 1 atom stereocenters. The molecule has 1 unspecified atom stereocenters. The van der Waals surface area contributed by atoms with Gasteiger partial charge in [-0.25, -0.2) is 0 Å². The van der Waals surface area contributed by atoms with Crippen LogP contribution in [0.5, 0.6) is 0 Å². The number of likely N-dealkylation sites (tertiary alicyclic amines) is 1. The van der Waals surface area contributed by atoms with Gasteiger partial charge in [-0.15, -0.1) is 0 Å². The van der Waals surface area contributed by atoms with Crippen molar-refractivity contribution in [1.82, 2.24) is 15.2 Å². The summed E-state index contributed by atoms with van der Waals surface area (Å²) < 4.78 is 0. The lowest BCUT2D eigenvalue weighted by Gasteiger charge is -2.36. The van der Waals surface area contributed by atoms with Gasteiger partial charge in [-0.2, -0.15) is 0 Å². The summed E-state index contributed by atoms with van der Waals surface area (Å²) in [6, 6.07) is 15.8. The number of piperidine rings is 1. The third kappa shape index (κ3) is 5.39. The normalized spacial score (nSPS) is 16.0. The highest BCUT2D eigenvalue weighted by molar-refractivity contribution is 5.76. The van der Waals surface area contributed by atoms with Crippen LogP contribution in [0.4, 0.5) is 0 Å². The van der Waals surface area contributed by atoms with Crippen molar-refractivity contribution >= 4 is 11.8 Å². The minimum absolute atomic E-state index is 0.0491. The zero-order valence-corrected chi connectivity index (χ0v) is 15.8. The highest BCUT2D eigenvalue weighted by atomic mass is 16.2. The zero-order chi connectivity index (χ0) is 19.1. The summed E-state index contributed by atoms with van der Waals surface area (Å²) >= 11 is 0. The molecule has 2 heterocycles. The standard InChI is InChI=1S/C22H27N3O2/c1-17(26)24-22(20-9-5-6-14-23-20)19-12-15-25(16-13-19)21(27)11-10-18-7-3-2-4-8-18/h2-9,14,19,22H,10-13,15-16H2,1H3,(H,24,26). The van der Waals surface area contributed by atoms with Crippen LogP contribution < -0.4 is 5.32 Å². The largest absolute Gasteiger partial charge is 0.348 e. The SMILES string of the molecule is CC(=O)NC(c1ccccn1)C1CCN(C(=O)CCc2ccccc2)CC1. The van der Waals surface area contributed by atoms with E-state index < -0.39 is 0 Å². The molecule has 0 spiro atoms. The Balaban J connectivity index is 1.55. The maximum atomic E-state index is 12.5. The predicted octanol–water partition coefficient (Wildman–Crippen LogP) is 3.13. The van der Waals surface area contributed by atoms with Crippen molar-refractivity contribution in [3.05, 3.63) is 66.0 Å². The van der Waals surface area contributed by atoms with Gasteiger partial charge in [0.25, 0.3) is 0 Å². The molecule has 27 heavy (non-hydrogen) atoms. The Morgan fingerprint density at radius 1 is 1.11 bits per heavy atom. The van der Waals surface area contributed by atoms with Crippen LogP contribution in [0.3, 0.4) is 0 Å². The molecule has 142 valence electrons. The van der Waals surface area contributed by atoms with E-state index >= 15 is 0 Å². The molecule has 1 N–H and O–H groups in total. The fraction of sp³-hybridized carbons (Fsp3) is 0.409. The number of hydrogen-bond donors (Lipinski definition) is 1. The molecule has 2 amide bonds. The molecule has 1 aromatic heterocycles. The summed E-state index contributed by atoms with van der Waals surface area (Å²) in [4.78, 5) is 30.6. The van der Waals surface area contributed by atoms with E-state index in [1.165, 1.54) is 12.5 Å². The lowest BCUT2D eigenvalue weighted by atomic mass is 9.87. The van der Waals surface area contributed by atoms with Gasteiger partial charge in [-0.1, -0.05) is 36.4 Å². The highest BCUT2D eigenvalue weighted by Gasteiger charge is 2.30. The number of rotatable bonds is 6. The maximum Gasteiger partial charge on any atom is 0.222 e. The number of aryl methyl sites for hydroxylation is 1. The number of hydrogen-bond acceptors (Lipinski definition) is 3. The molecule has 5 heteroatoms.